The molecule has 3 nitrogen and oxygen atoms in total. The van der Waals surface area contributed by atoms with E-state index < -0.39 is 0 Å². The van der Waals surface area contributed by atoms with E-state index in [1.165, 1.54) is 0 Å². The van der Waals surface area contributed by atoms with Crippen molar-refractivity contribution in [2.75, 3.05) is 0 Å². The van der Waals surface area contributed by atoms with Crippen molar-refractivity contribution in [2.45, 2.75) is 46.6 Å². The van der Waals surface area contributed by atoms with E-state index in [0.29, 0.717) is 6.04 Å². The summed E-state index contributed by atoms with van der Waals surface area (Å²) >= 11 is 6.26. The number of rotatable bonds is 3. The molecule has 0 radical (unpaired) electrons. The van der Waals surface area contributed by atoms with E-state index in [0.717, 1.165) is 40.5 Å². The molecule has 2 rings (SSSR count). The number of aromatic nitrogens is 3. The predicted octanol–water partition coefficient (Wildman–Crippen LogP) is 3.93. The molecule has 0 aliphatic rings. The van der Waals surface area contributed by atoms with Crippen molar-refractivity contribution >= 4 is 22.6 Å². The molecule has 92 valence electrons. The van der Waals surface area contributed by atoms with E-state index in [4.69, 9.17) is 11.6 Å². The van der Waals surface area contributed by atoms with E-state index in [2.05, 4.69) is 35.3 Å². The normalized spacial score (nSPS) is 11.6. The van der Waals surface area contributed by atoms with Gasteiger partial charge in [-0.1, -0.05) is 18.5 Å². The Morgan fingerprint density at radius 1 is 1.35 bits per heavy atom. The lowest BCUT2D eigenvalue weighted by molar-refractivity contribution is 0.616. The SMILES string of the molecule is CCCc1nc(C)c2cc(Cl)n(C(C)C)c2n1. The molecule has 17 heavy (non-hydrogen) atoms. The van der Waals surface area contributed by atoms with Gasteiger partial charge in [0.2, 0.25) is 0 Å². The monoisotopic (exact) mass is 251 g/mol. The summed E-state index contributed by atoms with van der Waals surface area (Å²) in [4.78, 5) is 9.16. The van der Waals surface area contributed by atoms with Crippen molar-refractivity contribution in [3.63, 3.8) is 0 Å². The number of nitrogens with zero attached hydrogens (tertiary/aromatic N) is 3. The number of fused-ring (bicyclic) bond motifs is 1. The first-order valence-electron chi connectivity index (χ1n) is 6.08. The second kappa shape index (κ2) is 4.65. The maximum absolute atomic E-state index is 6.26. The first kappa shape index (κ1) is 12.4. The largest absolute Gasteiger partial charge is 0.314 e. The molecular formula is C13H18ClN3. The summed E-state index contributed by atoms with van der Waals surface area (Å²) in [7, 11) is 0. The van der Waals surface area contributed by atoms with Crippen LogP contribution in [0.4, 0.5) is 0 Å². The average Bonchev–Trinajstić information content (AvgIpc) is 2.55. The van der Waals surface area contributed by atoms with Crippen molar-refractivity contribution in [1.82, 2.24) is 14.5 Å². The number of hydrogen-bond acceptors (Lipinski definition) is 2. The Hall–Kier alpha value is -1.09. The third-order valence-corrected chi connectivity index (χ3v) is 3.17. The summed E-state index contributed by atoms with van der Waals surface area (Å²) in [5, 5.41) is 1.80. The van der Waals surface area contributed by atoms with Crippen LogP contribution in [-0.2, 0) is 6.42 Å². The molecule has 0 saturated heterocycles. The third-order valence-electron chi connectivity index (χ3n) is 2.87. The lowest BCUT2D eigenvalue weighted by Gasteiger charge is -2.11. The second-order valence-corrected chi connectivity index (χ2v) is 5.03. The molecule has 0 bridgehead atoms. The fourth-order valence-corrected chi connectivity index (χ4v) is 2.48. The van der Waals surface area contributed by atoms with Crippen LogP contribution in [0.1, 0.15) is 44.8 Å². The van der Waals surface area contributed by atoms with Crippen LogP contribution in [0.25, 0.3) is 11.0 Å². The molecule has 0 saturated carbocycles. The molecule has 0 spiro atoms. The minimum atomic E-state index is 0.309. The Labute approximate surface area is 107 Å². The molecule has 0 N–H and O–H groups in total. The minimum Gasteiger partial charge on any atom is -0.314 e. The van der Waals surface area contributed by atoms with Crippen LogP contribution in [0.2, 0.25) is 5.15 Å². The van der Waals surface area contributed by atoms with Gasteiger partial charge < -0.3 is 4.57 Å². The van der Waals surface area contributed by atoms with Gasteiger partial charge in [0, 0.05) is 17.8 Å². The molecular weight excluding hydrogens is 234 g/mol. The minimum absolute atomic E-state index is 0.309. The lowest BCUT2D eigenvalue weighted by Crippen LogP contribution is -2.04. The Morgan fingerprint density at radius 2 is 2.06 bits per heavy atom. The van der Waals surface area contributed by atoms with Crippen LogP contribution in [0.5, 0.6) is 0 Å². The Balaban J connectivity index is 2.70. The van der Waals surface area contributed by atoms with Gasteiger partial charge in [0.05, 0.1) is 5.69 Å². The molecule has 2 heterocycles. The zero-order valence-electron chi connectivity index (χ0n) is 10.8. The van der Waals surface area contributed by atoms with Crippen molar-refractivity contribution in [3.05, 3.63) is 22.7 Å². The highest BCUT2D eigenvalue weighted by atomic mass is 35.5. The molecule has 2 aromatic rings. The molecule has 0 fully saturated rings. The van der Waals surface area contributed by atoms with Gasteiger partial charge in [0.15, 0.2) is 0 Å². The lowest BCUT2D eigenvalue weighted by atomic mass is 10.2. The summed E-state index contributed by atoms with van der Waals surface area (Å²) in [6, 6.07) is 2.27. The van der Waals surface area contributed by atoms with Crippen LogP contribution in [0.15, 0.2) is 6.07 Å². The summed E-state index contributed by atoms with van der Waals surface area (Å²) < 4.78 is 2.06. The third kappa shape index (κ3) is 2.16. The quantitative estimate of drug-likeness (QED) is 0.828. The first-order valence-corrected chi connectivity index (χ1v) is 6.46. The van der Waals surface area contributed by atoms with Gasteiger partial charge in [-0.05, 0) is 33.3 Å². The van der Waals surface area contributed by atoms with Crippen LogP contribution in [0.3, 0.4) is 0 Å². The summed E-state index contributed by atoms with van der Waals surface area (Å²) in [5.41, 5.74) is 1.97. The smallest absolute Gasteiger partial charge is 0.145 e. The summed E-state index contributed by atoms with van der Waals surface area (Å²) in [6.07, 6.45) is 1.97. The maximum Gasteiger partial charge on any atom is 0.145 e. The molecule has 0 aliphatic heterocycles. The van der Waals surface area contributed by atoms with Crippen LogP contribution in [0, 0.1) is 6.92 Å². The van der Waals surface area contributed by atoms with Crippen molar-refractivity contribution in [3.8, 4) is 0 Å². The molecule has 2 aromatic heterocycles. The predicted molar refractivity (Wildman–Crippen MR) is 71.7 cm³/mol. The van der Waals surface area contributed by atoms with Crippen molar-refractivity contribution < 1.29 is 0 Å². The highest BCUT2D eigenvalue weighted by molar-refractivity contribution is 6.30. The Morgan fingerprint density at radius 3 is 2.65 bits per heavy atom. The van der Waals surface area contributed by atoms with Gasteiger partial charge >= 0.3 is 0 Å². The number of hydrogen-bond donors (Lipinski definition) is 0. The molecule has 0 aliphatic carbocycles. The standard InChI is InChI=1S/C13H18ClN3/c1-5-6-12-15-9(4)10-7-11(14)17(8(2)3)13(10)16-12/h7-8H,5-6H2,1-4H3. The van der Waals surface area contributed by atoms with Crippen molar-refractivity contribution in [2.24, 2.45) is 0 Å². The number of halogens is 1. The Bertz CT molecular complexity index is 543. The molecule has 4 heteroatoms. The highest BCUT2D eigenvalue weighted by Crippen LogP contribution is 2.27. The average molecular weight is 252 g/mol. The maximum atomic E-state index is 6.26. The molecule has 0 unspecified atom stereocenters. The van der Waals surface area contributed by atoms with E-state index >= 15 is 0 Å². The highest BCUT2D eigenvalue weighted by Gasteiger charge is 2.14. The zero-order valence-corrected chi connectivity index (χ0v) is 11.5. The van der Waals surface area contributed by atoms with Gasteiger partial charge in [-0.2, -0.15) is 0 Å². The van der Waals surface area contributed by atoms with Gasteiger partial charge in [0.25, 0.3) is 0 Å². The van der Waals surface area contributed by atoms with E-state index in [9.17, 15) is 0 Å². The van der Waals surface area contributed by atoms with E-state index in [-0.39, 0.29) is 0 Å². The topological polar surface area (TPSA) is 30.7 Å². The van der Waals surface area contributed by atoms with Gasteiger partial charge in [0.1, 0.15) is 16.6 Å². The molecule has 0 aromatic carbocycles. The van der Waals surface area contributed by atoms with Crippen LogP contribution >= 0.6 is 11.6 Å². The first-order chi connectivity index (χ1) is 8.04. The van der Waals surface area contributed by atoms with Crippen molar-refractivity contribution in [1.29, 1.82) is 0 Å². The zero-order chi connectivity index (χ0) is 12.6. The van der Waals surface area contributed by atoms with Gasteiger partial charge in [-0.15, -0.1) is 0 Å². The van der Waals surface area contributed by atoms with Crippen LogP contribution < -0.4 is 0 Å². The van der Waals surface area contributed by atoms with E-state index in [1.807, 2.05) is 13.0 Å². The summed E-state index contributed by atoms with van der Waals surface area (Å²) in [5.74, 6) is 0.911. The fraction of sp³-hybridized carbons (Fsp3) is 0.538. The Kier molecular flexibility index (Phi) is 3.38. The van der Waals surface area contributed by atoms with Gasteiger partial charge in [-0.3, -0.25) is 0 Å². The molecule has 0 atom stereocenters. The van der Waals surface area contributed by atoms with E-state index in [1.54, 1.807) is 0 Å². The molecule has 0 amide bonds. The second-order valence-electron chi connectivity index (χ2n) is 4.64. The number of aryl methyl sites for hydroxylation is 2. The van der Waals surface area contributed by atoms with Gasteiger partial charge in [-0.25, -0.2) is 9.97 Å². The summed E-state index contributed by atoms with van der Waals surface area (Å²) in [6.45, 7) is 8.38. The van der Waals surface area contributed by atoms with Crippen LogP contribution in [-0.4, -0.2) is 14.5 Å². The fourth-order valence-electron chi connectivity index (χ4n) is 2.09.